The van der Waals surface area contributed by atoms with Gasteiger partial charge in [0.25, 0.3) is 11.8 Å². The quantitative estimate of drug-likeness (QED) is 0.333. The van der Waals surface area contributed by atoms with Crippen molar-refractivity contribution in [2.75, 3.05) is 10.6 Å². The molecule has 178 valence electrons. The zero-order valence-electron chi connectivity index (χ0n) is 18.2. The molecule has 4 rings (SSSR count). The molecule has 0 aliphatic carbocycles. The van der Waals surface area contributed by atoms with Gasteiger partial charge in [-0.25, -0.2) is 4.39 Å². The molecule has 0 spiro atoms. The lowest BCUT2D eigenvalue weighted by atomic mass is 10.1. The summed E-state index contributed by atoms with van der Waals surface area (Å²) in [6.07, 6.45) is 0. The number of thiophene rings is 1. The van der Waals surface area contributed by atoms with Crippen molar-refractivity contribution < 1.29 is 18.8 Å². The largest absolute Gasteiger partial charge is 0.395 e. The maximum absolute atomic E-state index is 14.2. The normalized spacial score (nSPS) is 11.6. The van der Waals surface area contributed by atoms with E-state index in [1.165, 1.54) is 29.5 Å². The molecule has 1 unspecified atom stereocenters. The highest BCUT2D eigenvalue weighted by atomic mass is 32.1. The Morgan fingerprint density at radius 3 is 2.46 bits per heavy atom. The summed E-state index contributed by atoms with van der Waals surface area (Å²) in [7, 11) is 0. The van der Waals surface area contributed by atoms with E-state index in [4.69, 9.17) is 11.5 Å². The standard InChI is InChI=1S/C24H20FN5O3S2/c25-15-8-4-9-16(12-15)30(24(33)21-18(26)19(22(27)31)29-35-21)20(17-10-5-11-34-17)23(32)28-13-14-6-2-1-3-7-14/h1-12,20H,13,26H2,(H2,27,31)(H,28,32). The van der Waals surface area contributed by atoms with E-state index in [-0.39, 0.29) is 28.5 Å². The van der Waals surface area contributed by atoms with Crippen molar-refractivity contribution in [1.82, 2.24) is 9.69 Å². The van der Waals surface area contributed by atoms with Crippen molar-refractivity contribution in [3.8, 4) is 0 Å². The van der Waals surface area contributed by atoms with E-state index in [1.54, 1.807) is 17.5 Å². The number of aromatic nitrogens is 1. The van der Waals surface area contributed by atoms with Crippen LogP contribution in [0, 0.1) is 5.82 Å². The molecule has 1 atom stereocenters. The highest BCUT2D eigenvalue weighted by Gasteiger charge is 2.36. The number of nitrogens with one attached hydrogen (secondary N) is 1. The van der Waals surface area contributed by atoms with Crippen molar-refractivity contribution in [3.05, 3.63) is 98.9 Å². The first-order chi connectivity index (χ1) is 16.9. The van der Waals surface area contributed by atoms with E-state index in [9.17, 15) is 18.8 Å². The SMILES string of the molecule is NC(=O)c1nsc(C(=O)N(c2cccc(F)c2)C(C(=O)NCc2ccccc2)c2cccs2)c1N. The van der Waals surface area contributed by atoms with Gasteiger partial charge in [0, 0.05) is 17.1 Å². The molecule has 0 bridgehead atoms. The number of amides is 3. The Morgan fingerprint density at radius 1 is 1.06 bits per heavy atom. The minimum absolute atomic E-state index is 0.0829. The Hall–Kier alpha value is -4.09. The van der Waals surface area contributed by atoms with Gasteiger partial charge in [0.2, 0.25) is 5.91 Å². The Labute approximate surface area is 208 Å². The first kappa shape index (κ1) is 24.0. The van der Waals surface area contributed by atoms with E-state index < -0.39 is 29.6 Å². The van der Waals surface area contributed by atoms with Crippen LogP contribution in [0.4, 0.5) is 15.8 Å². The lowest BCUT2D eigenvalue weighted by molar-refractivity contribution is -0.122. The zero-order valence-corrected chi connectivity index (χ0v) is 19.8. The molecule has 0 saturated heterocycles. The average molecular weight is 510 g/mol. The topological polar surface area (TPSA) is 131 Å². The van der Waals surface area contributed by atoms with Crippen LogP contribution in [0.5, 0.6) is 0 Å². The third-order valence-corrected chi connectivity index (χ3v) is 6.87. The molecule has 0 aliphatic rings. The summed E-state index contributed by atoms with van der Waals surface area (Å²) in [4.78, 5) is 40.6. The number of halogens is 1. The van der Waals surface area contributed by atoms with Crippen LogP contribution in [0.1, 0.15) is 36.6 Å². The van der Waals surface area contributed by atoms with Crippen LogP contribution in [-0.4, -0.2) is 22.1 Å². The van der Waals surface area contributed by atoms with E-state index in [1.807, 2.05) is 30.3 Å². The van der Waals surface area contributed by atoms with Crippen molar-refractivity contribution in [1.29, 1.82) is 0 Å². The number of benzene rings is 2. The predicted molar refractivity (Wildman–Crippen MR) is 134 cm³/mol. The fourth-order valence-corrected chi connectivity index (χ4v) is 5.01. The van der Waals surface area contributed by atoms with Gasteiger partial charge in [-0.2, -0.15) is 4.37 Å². The molecule has 2 heterocycles. The summed E-state index contributed by atoms with van der Waals surface area (Å²) in [6.45, 7) is 0.223. The minimum atomic E-state index is -1.15. The van der Waals surface area contributed by atoms with Crippen LogP contribution >= 0.6 is 22.9 Å². The molecule has 2 aromatic heterocycles. The van der Waals surface area contributed by atoms with Crippen LogP contribution in [-0.2, 0) is 11.3 Å². The number of anilines is 2. The molecule has 0 radical (unpaired) electrons. The Bertz CT molecular complexity index is 1360. The number of carbonyl (C=O) groups excluding carboxylic acids is 3. The van der Waals surface area contributed by atoms with Gasteiger partial charge in [-0.1, -0.05) is 42.5 Å². The zero-order chi connectivity index (χ0) is 24.9. The molecule has 3 amide bonds. The molecule has 35 heavy (non-hydrogen) atoms. The minimum Gasteiger partial charge on any atom is -0.395 e. The smallest absolute Gasteiger partial charge is 0.273 e. The third-order valence-electron chi connectivity index (χ3n) is 5.09. The molecule has 8 nitrogen and oxygen atoms in total. The molecule has 0 aliphatic heterocycles. The van der Waals surface area contributed by atoms with Gasteiger partial charge in [-0.3, -0.25) is 19.3 Å². The number of hydrogen-bond donors (Lipinski definition) is 3. The number of carbonyl (C=O) groups is 3. The fraction of sp³-hybridized carbons (Fsp3) is 0.0833. The fourth-order valence-electron chi connectivity index (χ4n) is 3.45. The second-order valence-electron chi connectivity index (χ2n) is 7.41. The molecular weight excluding hydrogens is 489 g/mol. The van der Waals surface area contributed by atoms with Gasteiger partial charge in [-0.05, 0) is 46.7 Å². The summed E-state index contributed by atoms with van der Waals surface area (Å²) < 4.78 is 18.1. The maximum Gasteiger partial charge on any atom is 0.273 e. The summed E-state index contributed by atoms with van der Waals surface area (Å²) in [6, 6.07) is 16.9. The summed E-state index contributed by atoms with van der Waals surface area (Å²) >= 11 is 1.96. The monoisotopic (exact) mass is 509 g/mol. The molecule has 4 aromatic rings. The van der Waals surface area contributed by atoms with Crippen LogP contribution in [0.15, 0.2) is 72.1 Å². The molecule has 0 fully saturated rings. The number of nitrogen functional groups attached to an aromatic ring is 1. The summed E-state index contributed by atoms with van der Waals surface area (Å²) in [5.41, 5.74) is 11.9. The molecule has 11 heteroatoms. The van der Waals surface area contributed by atoms with Gasteiger partial charge in [0.05, 0.1) is 5.69 Å². The van der Waals surface area contributed by atoms with Crippen LogP contribution in [0.3, 0.4) is 0 Å². The Balaban J connectivity index is 1.78. The van der Waals surface area contributed by atoms with E-state index in [0.717, 1.165) is 16.5 Å². The van der Waals surface area contributed by atoms with E-state index in [0.29, 0.717) is 16.4 Å². The summed E-state index contributed by atoms with van der Waals surface area (Å²) in [5, 5.41) is 4.63. The van der Waals surface area contributed by atoms with Crippen LogP contribution in [0.25, 0.3) is 0 Å². The lowest BCUT2D eigenvalue weighted by Crippen LogP contribution is -2.43. The average Bonchev–Trinajstić information content (AvgIpc) is 3.51. The van der Waals surface area contributed by atoms with Crippen molar-refractivity contribution in [2.24, 2.45) is 5.73 Å². The molecular formula is C24H20FN5O3S2. The molecule has 0 saturated carbocycles. The molecule has 2 aromatic carbocycles. The van der Waals surface area contributed by atoms with Crippen molar-refractivity contribution in [3.63, 3.8) is 0 Å². The molecule has 5 N–H and O–H groups in total. The van der Waals surface area contributed by atoms with Gasteiger partial charge >= 0.3 is 0 Å². The number of primary amides is 1. The van der Waals surface area contributed by atoms with Crippen molar-refractivity contribution in [2.45, 2.75) is 12.6 Å². The number of nitrogens with two attached hydrogens (primary N) is 2. The number of nitrogens with zero attached hydrogens (tertiary/aromatic N) is 2. The van der Waals surface area contributed by atoms with Gasteiger partial charge in [0.1, 0.15) is 10.7 Å². The van der Waals surface area contributed by atoms with Gasteiger partial charge in [0.15, 0.2) is 11.7 Å². The van der Waals surface area contributed by atoms with Crippen LogP contribution < -0.4 is 21.7 Å². The highest BCUT2D eigenvalue weighted by Crippen LogP contribution is 2.35. The second-order valence-corrected chi connectivity index (χ2v) is 9.17. The Kier molecular flexibility index (Phi) is 7.18. The first-order valence-corrected chi connectivity index (χ1v) is 12.0. The Morgan fingerprint density at radius 2 is 1.83 bits per heavy atom. The van der Waals surface area contributed by atoms with Gasteiger partial charge < -0.3 is 16.8 Å². The number of hydrogen-bond acceptors (Lipinski definition) is 7. The third kappa shape index (κ3) is 5.20. The van der Waals surface area contributed by atoms with E-state index in [2.05, 4.69) is 9.69 Å². The number of rotatable bonds is 8. The lowest BCUT2D eigenvalue weighted by Gasteiger charge is -2.30. The highest BCUT2D eigenvalue weighted by molar-refractivity contribution is 7.10. The summed E-state index contributed by atoms with van der Waals surface area (Å²) in [5.74, 6) is -2.67. The predicted octanol–water partition coefficient (Wildman–Crippen LogP) is 3.73. The van der Waals surface area contributed by atoms with Crippen molar-refractivity contribution >= 4 is 52.0 Å². The van der Waals surface area contributed by atoms with Crippen LogP contribution in [0.2, 0.25) is 0 Å². The first-order valence-electron chi connectivity index (χ1n) is 10.4. The second kappa shape index (κ2) is 10.5. The van der Waals surface area contributed by atoms with E-state index >= 15 is 0 Å². The maximum atomic E-state index is 14.2. The van der Waals surface area contributed by atoms with Gasteiger partial charge in [-0.15, -0.1) is 11.3 Å².